The van der Waals surface area contributed by atoms with E-state index in [0.717, 1.165) is 11.3 Å². The Morgan fingerprint density at radius 2 is 2.11 bits per heavy atom. The second-order valence-corrected chi connectivity index (χ2v) is 4.66. The summed E-state index contributed by atoms with van der Waals surface area (Å²) < 4.78 is 5.09. The molecule has 0 amide bonds. The molecule has 5 nitrogen and oxygen atoms in total. The number of carbonyl (C=O) groups is 1. The molecule has 98 valence electrons. The normalized spacial score (nSPS) is 16.9. The topological polar surface area (TPSA) is 70.6 Å². The maximum Gasteiger partial charge on any atom is 0.305 e. The average Bonchev–Trinajstić information content (AvgIpc) is 2.32. The minimum absolute atomic E-state index is 0.149. The van der Waals surface area contributed by atoms with E-state index in [1.807, 2.05) is 24.3 Å². The van der Waals surface area contributed by atoms with Crippen LogP contribution in [0.3, 0.4) is 0 Å². The summed E-state index contributed by atoms with van der Waals surface area (Å²) in [4.78, 5) is 10.8. The minimum Gasteiger partial charge on any atom is -0.497 e. The summed E-state index contributed by atoms with van der Waals surface area (Å²) in [6.07, 6.45) is 0.149. The molecule has 3 N–H and O–H groups in total. The molecule has 1 aromatic rings. The summed E-state index contributed by atoms with van der Waals surface area (Å²) in [5.74, 6) is 0.0584. The molecule has 0 aromatic heterocycles. The minimum atomic E-state index is -0.765. The van der Waals surface area contributed by atoms with Gasteiger partial charge in [-0.05, 0) is 17.7 Å². The fourth-order valence-corrected chi connectivity index (χ4v) is 2.06. The van der Waals surface area contributed by atoms with Crippen molar-refractivity contribution in [3.05, 3.63) is 29.8 Å². The van der Waals surface area contributed by atoms with Crippen LogP contribution in [0.2, 0.25) is 0 Å². The molecule has 1 aliphatic heterocycles. The van der Waals surface area contributed by atoms with Crippen LogP contribution in [-0.4, -0.2) is 36.8 Å². The maximum absolute atomic E-state index is 10.8. The van der Waals surface area contributed by atoms with Gasteiger partial charge in [0.2, 0.25) is 0 Å². The molecular weight excluding hydrogens is 232 g/mol. The van der Waals surface area contributed by atoms with E-state index in [4.69, 9.17) is 9.84 Å². The van der Waals surface area contributed by atoms with Crippen molar-refractivity contribution in [3.8, 4) is 5.75 Å². The maximum atomic E-state index is 10.8. The molecule has 0 atom stereocenters. The smallest absolute Gasteiger partial charge is 0.305 e. The van der Waals surface area contributed by atoms with E-state index in [9.17, 15) is 4.79 Å². The van der Waals surface area contributed by atoms with Crippen molar-refractivity contribution in [1.82, 2.24) is 10.6 Å². The highest BCUT2D eigenvalue weighted by molar-refractivity contribution is 5.68. The predicted molar refractivity (Wildman–Crippen MR) is 67.7 cm³/mol. The van der Waals surface area contributed by atoms with Crippen molar-refractivity contribution < 1.29 is 14.6 Å². The Bertz CT molecular complexity index is 413. The van der Waals surface area contributed by atoms with Crippen molar-refractivity contribution in [2.24, 2.45) is 0 Å². The van der Waals surface area contributed by atoms with E-state index in [0.29, 0.717) is 19.6 Å². The summed E-state index contributed by atoms with van der Waals surface area (Å²) >= 11 is 0. The number of rotatable bonds is 6. The number of ether oxygens (including phenoxy) is 1. The van der Waals surface area contributed by atoms with Crippen LogP contribution >= 0.6 is 0 Å². The molecule has 0 bridgehead atoms. The molecule has 0 aliphatic carbocycles. The van der Waals surface area contributed by atoms with Crippen LogP contribution in [0.15, 0.2) is 24.3 Å². The number of methoxy groups -OCH3 is 1. The number of aliphatic carboxylic acids is 1. The van der Waals surface area contributed by atoms with E-state index >= 15 is 0 Å². The van der Waals surface area contributed by atoms with Crippen molar-refractivity contribution in [1.29, 1.82) is 0 Å². The highest BCUT2D eigenvalue weighted by Gasteiger charge is 2.38. The summed E-state index contributed by atoms with van der Waals surface area (Å²) in [7, 11) is 1.63. The van der Waals surface area contributed by atoms with Gasteiger partial charge in [0.15, 0.2) is 0 Å². The van der Waals surface area contributed by atoms with Gasteiger partial charge in [0.1, 0.15) is 5.75 Å². The van der Waals surface area contributed by atoms with Crippen LogP contribution < -0.4 is 15.4 Å². The lowest BCUT2D eigenvalue weighted by atomic mass is 9.88. The average molecular weight is 250 g/mol. The number of carboxylic acids is 1. The fraction of sp³-hybridized carbons (Fsp3) is 0.462. The molecule has 5 heteroatoms. The monoisotopic (exact) mass is 250 g/mol. The molecular formula is C13H18N2O3. The van der Waals surface area contributed by atoms with Gasteiger partial charge >= 0.3 is 5.97 Å². The number of nitrogens with one attached hydrogen (secondary N) is 2. The van der Waals surface area contributed by atoms with Crippen LogP contribution in [0.5, 0.6) is 5.75 Å². The van der Waals surface area contributed by atoms with E-state index in [2.05, 4.69) is 10.6 Å². The van der Waals surface area contributed by atoms with Crippen molar-refractivity contribution >= 4 is 5.97 Å². The Balaban J connectivity index is 1.91. The summed E-state index contributed by atoms with van der Waals surface area (Å²) in [6, 6.07) is 7.76. The quantitative estimate of drug-likeness (QED) is 0.690. The molecule has 1 heterocycles. The Morgan fingerprint density at radius 3 is 2.56 bits per heavy atom. The van der Waals surface area contributed by atoms with Crippen LogP contribution in [0.1, 0.15) is 12.0 Å². The first kappa shape index (κ1) is 12.9. The summed E-state index contributed by atoms with van der Waals surface area (Å²) in [5, 5.41) is 15.3. The standard InChI is InChI=1S/C13H18N2O3/c1-18-11-4-2-10(3-5-11)7-15-13(6-12(16)17)8-14-9-13/h2-5,14-15H,6-9H2,1H3,(H,16,17). The Labute approximate surface area is 106 Å². The van der Waals surface area contributed by atoms with Gasteiger partial charge in [-0.3, -0.25) is 4.79 Å². The highest BCUT2D eigenvalue weighted by atomic mass is 16.5. The zero-order valence-electron chi connectivity index (χ0n) is 10.4. The zero-order valence-corrected chi connectivity index (χ0v) is 10.4. The molecule has 0 saturated carbocycles. The third-order valence-corrected chi connectivity index (χ3v) is 3.24. The SMILES string of the molecule is COc1ccc(CNC2(CC(=O)O)CNC2)cc1. The summed E-state index contributed by atoms with van der Waals surface area (Å²) in [5.41, 5.74) is 0.818. The largest absolute Gasteiger partial charge is 0.497 e. The third-order valence-electron chi connectivity index (χ3n) is 3.24. The number of hydrogen-bond donors (Lipinski definition) is 3. The highest BCUT2D eigenvalue weighted by Crippen LogP contribution is 2.18. The van der Waals surface area contributed by atoms with Gasteiger partial charge in [-0.15, -0.1) is 0 Å². The van der Waals surface area contributed by atoms with Gasteiger partial charge in [-0.25, -0.2) is 0 Å². The van der Waals surface area contributed by atoms with E-state index in [-0.39, 0.29) is 12.0 Å². The van der Waals surface area contributed by atoms with Gasteiger partial charge in [0, 0.05) is 19.6 Å². The third kappa shape index (κ3) is 3.00. The molecule has 1 aromatic carbocycles. The van der Waals surface area contributed by atoms with Gasteiger partial charge in [-0.1, -0.05) is 12.1 Å². The van der Waals surface area contributed by atoms with Crippen LogP contribution in [0.4, 0.5) is 0 Å². The first-order chi connectivity index (χ1) is 8.63. The van der Waals surface area contributed by atoms with Crippen molar-refractivity contribution in [2.75, 3.05) is 20.2 Å². The molecule has 1 aliphatic rings. The van der Waals surface area contributed by atoms with Gasteiger partial charge in [-0.2, -0.15) is 0 Å². The second-order valence-electron chi connectivity index (χ2n) is 4.66. The summed E-state index contributed by atoms with van der Waals surface area (Å²) in [6.45, 7) is 2.07. The van der Waals surface area contributed by atoms with E-state index in [1.54, 1.807) is 7.11 Å². The number of carboxylic acid groups (broad SMARTS) is 1. The molecule has 1 saturated heterocycles. The van der Waals surface area contributed by atoms with Crippen molar-refractivity contribution in [2.45, 2.75) is 18.5 Å². The lowest BCUT2D eigenvalue weighted by molar-refractivity contribution is -0.139. The molecule has 2 rings (SSSR count). The van der Waals surface area contributed by atoms with Gasteiger partial charge < -0.3 is 20.5 Å². The molecule has 1 fully saturated rings. The molecule has 0 radical (unpaired) electrons. The first-order valence-corrected chi connectivity index (χ1v) is 5.94. The fourth-order valence-electron chi connectivity index (χ4n) is 2.06. The number of hydrogen-bond acceptors (Lipinski definition) is 4. The van der Waals surface area contributed by atoms with Crippen LogP contribution in [-0.2, 0) is 11.3 Å². The lowest BCUT2D eigenvalue weighted by Gasteiger charge is -2.42. The molecule has 18 heavy (non-hydrogen) atoms. The van der Waals surface area contributed by atoms with E-state index in [1.165, 1.54) is 0 Å². The Kier molecular flexibility index (Phi) is 3.84. The first-order valence-electron chi connectivity index (χ1n) is 5.94. The zero-order chi connectivity index (χ0) is 13.0. The molecule has 0 spiro atoms. The van der Waals surface area contributed by atoms with Crippen LogP contribution in [0.25, 0.3) is 0 Å². The van der Waals surface area contributed by atoms with E-state index < -0.39 is 5.97 Å². The lowest BCUT2D eigenvalue weighted by Crippen LogP contribution is -2.68. The predicted octanol–water partition coefficient (Wildman–Crippen LogP) is 0.601. The van der Waals surface area contributed by atoms with Crippen LogP contribution in [0, 0.1) is 0 Å². The Hall–Kier alpha value is -1.59. The van der Waals surface area contributed by atoms with Crippen molar-refractivity contribution in [3.63, 3.8) is 0 Å². The Morgan fingerprint density at radius 1 is 1.44 bits per heavy atom. The molecule has 0 unspecified atom stereocenters. The van der Waals surface area contributed by atoms with Gasteiger partial charge in [0.05, 0.1) is 19.1 Å². The second kappa shape index (κ2) is 5.37. The van der Waals surface area contributed by atoms with Gasteiger partial charge in [0.25, 0.3) is 0 Å². The number of benzene rings is 1.